The number of esters is 2. The first-order chi connectivity index (χ1) is 32.0. The van der Waals surface area contributed by atoms with Gasteiger partial charge in [0.05, 0.1) is 62.9 Å². The predicted molar refractivity (Wildman–Crippen MR) is 252 cm³/mol. The van der Waals surface area contributed by atoms with Crippen LogP contribution in [-0.2, 0) is 50.1 Å². The molecule has 66 heavy (non-hydrogen) atoms. The van der Waals surface area contributed by atoms with E-state index in [1.807, 2.05) is 53.2 Å². The molecule has 4 fully saturated rings. The van der Waals surface area contributed by atoms with E-state index < -0.39 is 17.4 Å². The number of ether oxygens (including phenoxy) is 4. The monoisotopic (exact) mass is 898 g/mol. The Morgan fingerprint density at radius 1 is 0.803 bits per heavy atom. The van der Waals surface area contributed by atoms with Crippen LogP contribution in [0.1, 0.15) is 80.5 Å². The summed E-state index contributed by atoms with van der Waals surface area (Å²) >= 11 is 0. The lowest BCUT2D eigenvalue weighted by Gasteiger charge is -2.50. The zero-order valence-corrected chi connectivity index (χ0v) is 39.6. The highest BCUT2D eigenvalue weighted by Gasteiger charge is 2.64. The first kappa shape index (κ1) is 45.7. The number of carbonyl (C=O) groups excluding carboxylic acids is 4. The van der Waals surface area contributed by atoms with E-state index in [4.69, 9.17) is 18.9 Å². The van der Waals surface area contributed by atoms with Crippen molar-refractivity contribution in [3.8, 4) is 0 Å². The molecule has 0 aliphatic carbocycles. The number of benzene rings is 3. The van der Waals surface area contributed by atoms with Gasteiger partial charge in [0.1, 0.15) is 6.61 Å². The van der Waals surface area contributed by atoms with Crippen molar-refractivity contribution in [3.63, 3.8) is 0 Å². The van der Waals surface area contributed by atoms with Crippen LogP contribution in [0.5, 0.6) is 0 Å². The van der Waals surface area contributed by atoms with Gasteiger partial charge in [0.25, 0.3) is 0 Å². The van der Waals surface area contributed by atoms with Crippen molar-refractivity contribution < 1.29 is 38.1 Å². The van der Waals surface area contributed by atoms with Crippen LogP contribution in [0.2, 0.25) is 0 Å². The lowest BCUT2D eigenvalue weighted by atomic mass is 9.65. The number of piperidine rings is 2. The summed E-state index contributed by atoms with van der Waals surface area (Å²) in [6.45, 7) is 9.17. The number of anilines is 2. The Morgan fingerprint density at radius 2 is 1.50 bits per heavy atom. The molecule has 0 aromatic heterocycles. The number of nitrogens with zero attached hydrogens (tertiary/aromatic N) is 4. The molecule has 12 heteroatoms. The smallest absolute Gasteiger partial charge is 0.337 e. The molecule has 6 aliphatic heterocycles. The highest BCUT2D eigenvalue weighted by molar-refractivity contribution is 6.09. The molecule has 1 spiro atoms. The summed E-state index contributed by atoms with van der Waals surface area (Å²) in [5.74, 6) is -1.02. The minimum Gasteiger partial charge on any atom is -0.504 e. The fourth-order valence-corrected chi connectivity index (χ4v) is 13.5. The largest absolute Gasteiger partial charge is 0.504 e. The van der Waals surface area contributed by atoms with Gasteiger partial charge >= 0.3 is 11.9 Å². The van der Waals surface area contributed by atoms with Crippen LogP contribution in [0.25, 0.3) is 0 Å². The second-order valence-electron chi connectivity index (χ2n) is 19.6. The third-order valence-electron chi connectivity index (χ3n) is 16.6. The minimum atomic E-state index is -0.877. The molecule has 0 saturated carbocycles. The van der Waals surface area contributed by atoms with Gasteiger partial charge in [-0.05, 0) is 85.1 Å². The Balaban J connectivity index is 0.995. The van der Waals surface area contributed by atoms with Crippen LogP contribution >= 0.6 is 0 Å². The van der Waals surface area contributed by atoms with Crippen molar-refractivity contribution in [2.45, 2.75) is 95.3 Å². The number of rotatable bonds is 13. The van der Waals surface area contributed by atoms with E-state index in [1.165, 1.54) is 20.5 Å². The molecule has 6 heterocycles. The SMILES string of the molecule is CC[C@H]1CN2CC(C3C(=O)N(C)c4ccccc43)CC2C[C@@H]1/C(=C\OC)C(=O)OCC1[C@H](CC)[C@@H](/C(=C\OC)C(=O)OC)CC2N1CC[C@]21C(=O)N(Cc2ccc(C)cc2)c2ccccc21. The standard InChI is InChI=1S/C54H66N4O8/c1-8-35-28-56-29-36(49-39-14-10-12-16-45(39)55(4)50(49)59)24-37(56)25-40(35)42(30-63-5)52(61)66-32-47-38(9-2)41(43(31-64-6)51(60)65-7)26-48-54(22-23-57(47)48)44-15-11-13-17-46(44)58(53(54)62)27-34-20-18-33(3)19-21-34/h10-21,30-31,35-38,40-41,47-49H,8-9,22-29,32H2,1-7H3/b42-30+,43-31+/t35-,36?,37?,38+,40-,41-,47?,48?,49?,54+/m0/s1. The average Bonchev–Trinajstić information content (AvgIpc) is 4.06. The molecule has 10 atom stereocenters. The molecule has 3 aromatic rings. The molecular weight excluding hydrogens is 833 g/mol. The van der Waals surface area contributed by atoms with Gasteiger partial charge in [0, 0.05) is 62.1 Å². The van der Waals surface area contributed by atoms with Gasteiger partial charge in [-0.25, -0.2) is 9.59 Å². The van der Waals surface area contributed by atoms with Crippen LogP contribution in [-0.4, -0.2) is 106 Å². The van der Waals surface area contributed by atoms with E-state index >= 15 is 4.79 Å². The van der Waals surface area contributed by atoms with Crippen LogP contribution in [0.4, 0.5) is 11.4 Å². The molecule has 2 amide bonds. The fraction of sp³-hybridized carbons (Fsp3) is 0.519. The van der Waals surface area contributed by atoms with Gasteiger partial charge in [0.2, 0.25) is 11.8 Å². The minimum absolute atomic E-state index is 0.0569. The zero-order valence-electron chi connectivity index (χ0n) is 39.6. The maximum absolute atomic E-state index is 15.3. The molecule has 5 unspecified atom stereocenters. The van der Waals surface area contributed by atoms with Crippen LogP contribution in [0.3, 0.4) is 0 Å². The summed E-state index contributed by atoms with van der Waals surface area (Å²) < 4.78 is 23.2. The molecule has 0 N–H and O–H groups in total. The molecule has 6 aliphatic rings. The number of likely N-dealkylation sites (N-methyl/N-ethyl adjacent to an activating group) is 1. The molecular formula is C54H66N4O8. The van der Waals surface area contributed by atoms with E-state index in [-0.39, 0.29) is 72.1 Å². The second kappa shape index (κ2) is 18.7. The van der Waals surface area contributed by atoms with Gasteiger partial charge in [-0.2, -0.15) is 0 Å². The molecule has 9 rings (SSSR count). The number of aryl methyl sites for hydroxylation is 1. The van der Waals surface area contributed by atoms with E-state index in [2.05, 4.69) is 67.0 Å². The van der Waals surface area contributed by atoms with Gasteiger partial charge in [-0.15, -0.1) is 0 Å². The van der Waals surface area contributed by atoms with Gasteiger partial charge < -0.3 is 28.7 Å². The highest BCUT2D eigenvalue weighted by Crippen LogP contribution is 2.57. The summed E-state index contributed by atoms with van der Waals surface area (Å²) in [7, 11) is 6.37. The van der Waals surface area contributed by atoms with Crippen molar-refractivity contribution in [2.75, 3.05) is 64.4 Å². The highest BCUT2D eigenvalue weighted by atomic mass is 16.5. The topological polar surface area (TPSA) is 118 Å². The first-order valence-corrected chi connectivity index (χ1v) is 24.0. The molecule has 4 saturated heterocycles. The van der Waals surface area contributed by atoms with E-state index in [0.717, 1.165) is 66.0 Å². The van der Waals surface area contributed by atoms with Gasteiger partial charge in [0.15, 0.2) is 0 Å². The van der Waals surface area contributed by atoms with E-state index in [9.17, 15) is 14.4 Å². The first-order valence-electron chi connectivity index (χ1n) is 24.0. The van der Waals surface area contributed by atoms with Crippen molar-refractivity contribution in [3.05, 3.63) is 119 Å². The number of fused-ring (bicyclic) bond motifs is 6. The van der Waals surface area contributed by atoms with Crippen molar-refractivity contribution >= 4 is 35.1 Å². The normalized spacial score (nSPS) is 30.9. The maximum atomic E-state index is 15.3. The average molecular weight is 899 g/mol. The summed E-state index contributed by atoms with van der Waals surface area (Å²) in [5.41, 5.74) is 6.30. The van der Waals surface area contributed by atoms with E-state index in [1.54, 1.807) is 13.4 Å². The Kier molecular flexibility index (Phi) is 12.9. The zero-order chi connectivity index (χ0) is 46.4. The van der Waals surface area contributed by atoms with Crippen molar-refractivity contribution in [1.29, 1.82) is 0 Å². The predicted octanol–water partition coefficient (Wildman–Crippen LogP) is 7.54. The number of amides is 2. The molecule has 12 nitrogen and oxygen atoms in total. The number of hydrogen-bond donors (Lipinski definition) is 0. The van der Waals surface area contributed by atoms with Crippen molar-refractivity contribution in [2.24, 2.45) is 29.6 Å². The van der Waals surface area contributed by atoms with Crippen LogP contribution in [0, 0.1) is 36.5 Å². The van der Waals surface area contributed by atoms with Gasteiger partial charge in [-0.3, -0.25) is 19.4 Å². The maximum Gasteiger partial charge on any atom is 0.337 e. The third kappa shape index (κ3) is 7.61. The number of para-hydroxylation sites is 2. The van der Waals surface area contributed by atoms with Crippen LogP contribution < -0.4 is 9.80 Å². The fourth-order valence-electron chi connectivity index (χ4n) is 13.5. The number of carbonyl (C=O) groups is 4. The second-order valence-corrected chi connectivity index (χ2v) is 19.6. The number of methoxy groups -OCH3 is 3. The summed E-state index contributed by atoms with van der Waals surface area (Å²) in [6, 6.07) is 24.2. The molecule has 0 radical (unpaired) electrons. The van der Waals surface area contributed by atoms with Crippen molar-refractivity contribution in [1.82, 2.24) is 9.80 Å². The number of hydrogen-bond acceptors (Lipinski definition) is 10. The summed E-state index contributed by atoms with van der Waals surface area (Å²) in [6.07, 6.45) is 7.41. The Morgan fingerprint density at radius 3 is 2.20 bits per heavy atom. The summed E-state index contributed by atoms with van der Waals surface area (Å²) in [5, 5.41) is 0. The third-order valence-corrected chi connectivity index (χ3v) is 16.6. The van der Waals surface area contributed by atoms with Crippen LogP contribution in [0.15, 0.2) is 96.5 Å². The molecule has 0 bridgehead atoms. The summed E-state index contributed by atoms with van der Waals surface area (Å²) in [4.78, 5) is 66.1. The molecule has 3 aromatic carbocycles. The Bertz CT molecular complexity index is 2400. The molecule has 350 valence electrons. The Labute approximate surface area is 389 Å². The van der Waals surface area contributed by atoms with Gasteiger partial charge in [-0.1, -0.05) is 92.9 Å². The lowest BCUT2D eigenvalue weighted by Crippen LogP contribution is -2.60. The lowest BCUT2D eigenvalue weighted by molar-refractivity contribution is -0.146. The van der Waals surface area contributed by atoms with E-state index in [0.29, 0.717) is 43.5 Å². The Hall–Kier alpha value is -5.46. The quantitative estimate of drug-likeness (QED) is 0.0968.